The predicted molar refractivity (Wildman–Crippen MR) is 76.1 cm³/mol. The van der Waals surface area contributed by atoms with Crippen LogP contribution in [0.25, 0.3) is 0 Å². The van der Waals surface area contributed by atoms with Crippen LogP contribution < -0.4 is 5.32 Å². The van der Waals surface area contributed by atoms with Crippen LogP contribution in [0, 0.1) is 0 Å². The first-order valence-corrected chi connectivity index (χ1v) is 7.88. The summed E-state index contributed by atoms with van der Waals surface area (Å²) in [4.78, 5) is 4.74. The summed E-state index contributed by atoms with van der Waals surface area (Å²) in [7, 11) is 0. The van der Waals surface area contributed by atoms with Gasteiger partial charge in [-0.25, -0.2) is 4.98 Å². The maximum Gasteiger partial charge on any atom is 0.125 e. The fourth-order valence-electron chi connectivity index (χ4n) is 1.99. The van der Waals surface area contributed by atoms with Crippen molar-refractivity contribution in [3.05, 3.63) is 16.1 Å². The van der Waals surface area contributed by atoms with Crippen molar-refractivity contribution in [1.29, 1.82) is 0 Å². The Bertz CT molecular complexity index is 376. The number of nitrogens with zero attached hydrogens (tertiary/aromatic N) is 1. The molecule has 1 heterocycles. The number of rotatable bonds is 8. The van der Waals surface area contributed by atoms with Crippen LogP contribution in [-0.4, -0.2) is 24.2 Å². The van der Waals surface area contributed by atoms with E-state index in [-0.39, 0.29) is 5.60 Å². The monoisotopic (exact) mass is 268 g/mol. The van der Waals surface area contributed by atoms with Gasteiger partial charge in [0.15, 0.2) is 0 Å². The van der Waals surface area contributed by atoms with Crippen LogP contribution >= 0.6 is 11.3 Å². The third-order valence-electron chi connectivity index (χ3n) is 3.53. The third kappa shape index (κ3) is 3.53. The van der Waals surface area contributed by atoms with E-state index < -0.39 is 0 Å². The van der Waals surface area contributed by atoms with Gasteiger partial charge < -0.3 is 10.1 Å². The summed E-state index contributed by atoms with van der Waals surface area (Å²) in [6.45, 7) is 8.13. The standard InChI is InChI=1S/C14H24N2OS/c1-4-14(3,17-5-2)13-16-12(10-18-13)8-9-15-11-6-7-11/h10-11,15H,4-9H2,1-3H3. The van der Waals surface area contributed by atoms with Gasteiger partial charge in [0, 0.05) is 31.0 Å². The maximum absolute atomic E-state index is 5.86. The summed E-state index contributed by atoms with van der Waals surface area (Å²) < 4.78 is 5.86. The van der Waals surface area contributed by atoms with E-state index in [9.17, 15) is 0 Å². The highest BCUT2D eigenvalue weighted by molar-refractivity contribution is 7.09. The second-order valence-electron chi connectivity index (χ2n) is 5.14. The molecule has 1 unspecified atom stereocenters. The van der Waals surface area contributed by atoms with Crippen molar-refractivity contribution in [2.45, 2.75) is 58.1 Å². The van der Waals surface area contributed by atoms with Gasteiger partial charge in [0.05, 0.1) is 5.69 Å². The highest BCUT2D eigenvalue weighted by Gasteiger charge is 2.28. The van der Waals surface area contributed by atoms with E-state index >= 15 is 0 Å². The Morgan fingerprint density at radius 3 is 2.89 bits per heavy atom. The molecule has 1 aliphatic carbocycles. The van der Waals surface area contributed by atoms with Crippen LogP contribution in [-0.2, 0) is 16.8 Å². The van der Waals surface area contributed by atoms with E-state index in [2.05, 4.69) is 24.5 Å². The topological polar surface area (TPSA) is 34.1 Å². The smallest absolute Gasteiger partial charge is 0.125 e. The molecule has 1 atom stereocenters. The Hall–Kier alpha value is -0.450. The Balaban J connectivity index is 1.90. The number of nitrogens with one attached hydrogen (secondary N) is 1. The van der Waals surface area contributed by atoms with Crippen molar-refractivity contribution in [1.82, 2.24) is 10.3 Å². The van der Waals surface area contributed by atoms with Crippen LogP contribution in [0.15, 0.2) is 5.38 Å². The largest absolute Gasteiger partial charge is 0.368 e. The zero-order valence-corrected chi connectivity index (χ0v) is 12.5. The minimum absolute atomic E-state index is 0.207. The quantitative estimate of drug-likeness (QED) is 0.786. The third-order valence-corrected chi connectivity index (χ3v) is 4.67. The molecule has 1 fully saturated rings. The number of thiazole rings is 1. The van der Waals surface area contributed by atoms with Crippen LogP contribution in [0.2, 0.25) is 0 Å². The summed E-state index contributed by atoms with van der Waals surface area (Å²) in [5.74, 6) is 0. The van der Waals surface area contributed by atoms with E-state index in [0.29, 0.717) is 0 Å². The highest BCUT2D eigenvalue weighted by atomic mass is 32.1. The molecule has 0 radical (unpaired) electrons. The predicted octanol–water partition coefficient (Wildman–Crippen LogP) is 3.10. The Kier molecular flexibility index (Phi) is 4.76. The van der Waals surface area contributed by atoms with Gasteiger partial charge in [-0.1, -0.05) is 6.92 Å². The number of hydrogen-bond acceptors (Lipinski definition) is 4. The van der Waals surface area contributed by atoms with Gasteiger partial charge in [-0.05, 0) is 33.1 Å². The molecule has 0 spiro atoms. The summed E-state index contributed by atoms with van der Waals surface area (Å²) in [6, 6.07) is 0.785. The normalized spacial score (nSPS) is 18.8. The van der Waals surface area contributed by atoms with Crippen molar-refractivity contribution < 1.29 is 4.74 Å². The molecule has 4 heteroatoms. The van der Waals surface area contributed by atoms with Gasteiger partial charge in [-0.3, -0.25) is 0 Å². The molecule has 102 valence electrons. The molecule has 0 saturated heterocycles. The minimum Gasteiger partial charge on any atom is -0.368 e. The molecule has 1 N–H and O–H groups in total. The van der Waals surface area contributed by atoms with E-state index in [1.807, 2.05) is 6.92 Å². The lowest BCUT2D eigenvalue weighted by molar-refractivity contribution is -0.0325. The summed E-state index contributed by atoms with van der Waals surface area (Å²) in [6.07, 6.45) is 4.69. The molecular formula is C14H24N2OS. The maximum atomic E-state index is 5.86. The fourth-order valence-corrected chi connectivity index (χ4v) is 3.03. The molecule has 0 amide bonds. The first-order valence-electron chi connectivity index (χ1n) is 7.00. The lowest BCUT2D eigenvalue weighted by Crippen LogP contribution is -2.25. The average Bonchev–Trinajstić information content (AvgIpc) is 3.05. The molecule has 1 saturated carbocycles. The molecule has 1 aromatic rings. The molecule has 1 aliphatic rings. The molecule has 3 nitrogen and oxygen atoms in total. The first kappa shape index (κ1) is 14.0. The van der Waals surface area contributed by atoms with Gasteiger partial charge in [-0.2, -0.15) is 0 Å². The van der Waals surface area contributed by atoms with E-state index in [1.54, 1.807) is 11.3 Å². The van der Waals surface area contributed by atoms with Gasteiger partial charge in [0.1, 0.15) is 10.6 Å². The van der Waals surface area contributed by atoms with Gasteiger partial charge in [-0.15, -0.1) is 11.3 Å². The Morgan fingerprint density at radius 2 is 2.28 bits per heavy atom. The van der Waals surface area contributed by atoms with Crippen molar-refractivity contribution in [3.63, 3.8) is 0 Å². The summed E-state index contributed by atoms with van der Waals surface area (Å²) in [5, 5.41) is 6.82. The molecule has 1 aromatic heterocycles. The molecular weight excluding hydrogens is 244 g/mol. The molecule has 2 rings (SSSR count). The zero-order chi connectivity index (χ0) is 13.0. The van der Waals surface area contributed by atoms with Crippen LogP contribution in [0.5, 0.6) is 0 Å². The van der Waals surface area contributed by atoms with E-state index in [0.717, 1.165) is 37.0 Å². The van der Waals surface area contributed by atoms with Crippen molar-refractivity contribution in [2.75, 3.05) is 13.2 Å². The van der Waals surface area contributed by atoms with Crippen LogP contribution in [0.4, 0.5) is 0 Å². The Labute approximate surface area is 114 Å². The second-order valence-corrected chi connectivity index (χ2v) is 6.00. The number of aromatic nitrogens is 1. The van der Waals surface area contributed by atoms with Crippen molar-refractivity contribution >= 4 is 11.3 Å². The molecule has 0 aliphatic heterocycles. The minimum atomic E-state index is -0.207. The van der Waals surface area contributed by atoms with E-state index in [1.165, 1.54) is 18.5 Å². The lowest BCUT2D eigenvalue weighted by atomic mass is 10.0. The van der Waals surface area contributed by atoms with Gasteiger partial charge in [0.2, 0.25) is 0 Å². The highest BCUT2D eigenvalue weighted by Crippen LogP contribution is 2.31. The number of hydrogen-bond donors (Lipinski definition) is 1. The summed E-state index contributed by atoms with van der Waals surface area (Å²) in [5.41, 5.74) is 0.990. The first-order chi connectivity index (χ1) is 8.68. The second kappa shape index (κ2) is 6.13. The average molecular weight is 268 g/mol. The molecule has 0 aromatic carbocycles. The summed E-state index contributed by atoms with van der Waals surface area (Å²) >= 11 is 1.73. The van der Waals surface area contributed by atoms with Crippen molar-refractivity contribution in [3.8, 4) is 0 Å². The zero-order valence-electron chi connectivity index (χ0n) is 11.7. The van der Waals surface area contributed by atoms with E-state index in [4.69, 9.17) is 9.72 Å². The van der Waals surface area contributed by atoms with Gasteiger partial charge in [0.25, 0.3) is 0 Å². The number of ether oxygens (including phenoxy) is 1. The van der Waals surface area contributed by atoms with Crippen LogP contribution in [0.3, 0.4) is 0 Å². The van der Waals surface area contributed by atoms with Gasteiger partial charge >= 0.3 is 0 Å². The fraction of sp³-hybridized carbons (Fsp3) is 0.786. The molecule has 18 heavy (non-hydrogen) atoms. The van der Waals surface area contributed by atoms with Crippen molar-refractivity contribution in [2.24, 2.45) is 0 Å². The molecule has 0 bridgehead atoms. The van der Waals surface area contributed by atoms with Crippen LogP contribution in [0.1, 0.15) is 50.7 Å². The lowest BCUT2D eigenvalue weighted by Gasteiger charge is -2.25. The Morgan fingerprint density at radius 1 is 1.50 bits per heavy atom. The SMILES string of the molecule is CCOC(C)(CC)c1nc(CCNC2CC2)cs1.